The second-order valence-corrected chi connectivity index (χ2v) is 9.42. The van der Waals surface area contributed by atoms with Gasteiger partial charge in [-0.1, -0.05) is 53.7 Å². The number of methoxy groups -OCH3 is 1. The molecule has 190 valence electrons. The monoisotopic (exact) mass is 546 g/mol. The molecule has 2 heterocycles. The van der Waals surface area contributed by atoms with Gasteiger partial charge in [-0.05, 0) is 47.0 Å². The molecular weight excluding hydrogens is 528 g/mol. The number of hydrogen-bond acceptors (Lipinski definition) is 7. The summed E-state index contributed by atoms with van der Waals surface area (Å²) in [6, 6.07) is 18.8. The molecule has 0 aliphatic carbocycles. The average Bonchev–Trinajstić information content (AvgIpc) is 3.34. The minimum atomic E-state index is -0.523. The molecule has 3 aromatic carbocycles. The number of hydrogen-bond donors (Lipinski definition) is 1. The Morgan fingerprint density at radius 2 is 1.89 bits per heavy atom. The van der Waals surface area contributed by atoms with Crippen LogP contribution in [-0.2, 0) is 11.4 Å². The number of non-ortho nitro benzene ring substituents is 1. The lowest BCUT2D eigenvalue weighted by atomic mass is 10.1. The first-order valence-corrected chi connectivity index (χ1v) is 12.5. The normalized spacial score (nSPS) is 15.7. The van der Waals surface area contributed by atoms with Crippen molar-refractivity contribution < 1.29 is 19.2 Å². The number of fused-ring (bicyclic) bond motifs is 1. The average molecular weight is 547 g/mol. The van der Waals surface area contributed by atoms with Crippen molar-refractivity contribution in [1.29, 1.82) is 5.41 Å². The van der Waals surface area contributed by atoms with Gasteiger partial charge in [-0.25, -0.2) is 0 Å². The number of carbonyl (C=O) groups is 1. The van der Waals surface area contributed by atoms with Crippen LogP contribution in [0.4, 0.5) is 5.69 Å². The van der Waals surface area contributed by atoms with Crippen LogP contribution >= 0.6 is 23.4 Å². The Morgan fingerprint density at radius 1 is 1.16 bits per heavy atom. The highest BCUT2D eigenvalue weighted by Crippen LogP contribution is 2.40. The van der Waals surface area contributed by atoms with E-state index >= 15 is 0 Å². The summed E-state index contributed by atoms with van der Waals surface area (Å²) in [5.74, 6) is 0.0934. The van der Waals surface area contributed by atoms with E-state index < -0.39 is 10.8 Å². The number of carbonyl (C=O) groups excluding carboxylic acids is 1. The summed E-state index contributed by atoms with van der Waals surface area (Å²) in [7, 11) is 1.46. The molecule has 2 aliphatic rings. The molecule has 5 rings (SSSR count). The molecule has 0 spiro atoms. The number of aliphatic imine (C=N–C) groups is 1. The smallest absolute Gasteiger partial charge is 0.283 e. The summed E-state index contributed by atoms with van der Waals surface area (Å²) >= 11 is 7.81. The topological polar surface area (TPSA) is 118 Å². The van der Waals surface area contributed by atoms with Crippen LogP contribution in [0.2, 0.25) is 5.02 Å². The number of nitrogens with zero attached hydrogens (tertiary/aromatic N) is 3. The summed E-state index contributed by atoms with van der Waals surface area (Å²) in [5, 5.41) is 22.2. The van der Waals surface area contributed by atoms with Gasteiger partial charge in [0.2, 0.25) is 0 Å². The third kappa shape index (κ3) is 4.91. The molecule has 1 N–H and O–H groups in total. The van der Waals surface area contributed by atoms with Gasteiger partial charge in [0.25, 0.3) is 11.6 Å². The van der Waals surface area contributed by atoms with E-state index in [0.717, 1.165) is 11.3 Å². The predicted molar refractivity (Wildman–Crippen MR) is 147 cm³/mol. The molecule has 0 atom stereocenters. The van der Waals surface area contributed by atoms with E-state index in [4.69, 9.17) is 26.5 Å². The number of nitro benzene ring substituents is 1. The Labute approximate surface area is 226 Å². The lowest BCUT2D eigenvalue weighted by Gasteiger charge is -2.27. The molecule has 2 aliphatic heterocycles. The summed E-state index contributed by atoms with van der Waals surface area (Å²) < 4.78 is 11.3. The molecule has 0 aromatic heterocycles. The van der Waals surface area contributed by atoms with Gasteiger partial charge in [0.15, 0.2) is 16.7 Å². The number of ether oxygens (including phenoxy) is 2. The van der Waals surface area contributed by atoms with E-state index in [1.807, 2.05) is 35.7 Å². The molecule has 0 unspecified atom stereocenters. The van der Waals surface area contributed by atoms with Crippen LogP contribution in [0.1, 0.15) is 16.7 Å². The van der Waals surface area contributed by atoms with E-state index in [9.17, 15) is 14.9 Å². The standard InChI is InChI=1S/C27H19ClN4O5S/c1-36-23-13-17(12-21(28)24(23)37-14-16-7-9-19(10-8-16)32(34)35)11-20-25(29)31-22(18-5-3-2-4-6-18)15-38-27(31)30-26(20)33/h2-13,15,29H,14H2,1H3/b20-11-,29-25?. The third-order valence-corrected chi connectivity index (χ3v) is 6.88. The van der Waals surface area contributed by atoms with Crippen LogP contribution < -0.4 is 9.47 Å². The quantitative estimate of drug-likeness (QED) is 0.215. The van der Waals surface area contributed by atoms with E-state index in [0.29, 0.717) is 22.0 Å². The van der Waals surface area contributed by atoms with Crippen molar-refractivity contribution >= 4 is 57.7 Å². The van der Waals surface area contributed by atoms with Crippen molar-refractivity contribution in [3.05, 3.63) is 110 Å². The molecule has 0 saturated carbocycles. The third-order valence-electron chi connectivity index (χ3n) is 5.78. The molecule has 38 heavy (non-hydrogen) atoms. The summed E-state index contributed by atoms with van der Waals surface area (Å²) in [5.41, 5.74) is 3.00. The summed E-state index contributed by atoms with van der Waals surface area (Å²) in [4.78, 5) is 29.1. The number of nitrogens with one attached hydrogen (secondary N) is 1. The van der Waals surface area contributed by atoms with Gasteiger partial charge in [-0.2, -0.15) is 4.99 Å². The molecule has 0 bridgehead atoms. The Kier molecular flexibility index (Phi) is 6.99. The van der Waals surface area contributed by atoms with Crippen molar-refractivity contribution in [2.24, 2.45) is 4.99 Å². The number of rotatable bonds is 7. The van der Waals surface area contributed by atoms with Crippen molar-refractivity contribution in [1.82, 2.24) is 4.90 Å². The first-order valence-electron chi connectivity index (χ1n) is 11.3. The van der Waals surface area contributed by atoms with Gasteiger partial charge < -0.3 is 9.47 Å². The van der Waals surface area contributed by atoms with Crippen LogP contribution in [-0.4, -0.2) is 33.8 Å². The fourth-order valence-electron chi connectivity index (χ4n) is 3.91. The van der Waals surface area contributed by atoms with E-state index in [1.54, 1.807) is 35.2 Å². The zero-order valence-corrected chi connectivity index (χ0v) is 21.5. The van der Waals surface area contributed by atoms with Gasteiger partial charge >= 0.3 is 0 Å². The maximum Gasteiger partial charge on any atom is 0.283 e. The highest BCUT2D eigenvalue weighted by atomic mass is 35.5. The van der Waals surface area contributed by atoms with Crippen molar-refractivity contribution in [3.63, 3.8) is 0 Å². The fourth-order valence-corrected chi connectivity index (χ4v) is 5.08. The van der Waals surface area contributed by atoms with Gasteiger partial charge in [0, 0.05) is 17.5 Å². The molecule has 11 heteroatoms. The Bertz CT molecular complexity index is 1550. The maximum atomic E-state index is 12.8. The Morgan fingerprint density at radius 3 is 2.58 bits per heavy atom. The predicted octanol–water partition coefficient (Wildman–Crippen LogP) is 6.14. The summed E-state index contributed by atoms with van der Waals surface area (Å²) in [6.45, 7) is 0.107. The minimum Gasteiger partial charge on any atom is -0.493 e. The van der Waals surface area contributed by atoms with Gasteiger partial charge in [0.1, 0.15) is 12.4 Å². The number of nitro groups is 1. The lowest BCUT2D eigenvalue weighted by molar-refractivity contribution is -0.384. The zero-order valence-electron chi connectivity index (χ0n) is 19.9. The van der Waals surface area contributed by atoms with E-state index in [1.165, 1.54) is 31.0 Å². The first-order chi connectivity index (χ1) is 18.4. The van der Waals surface area contributed by atoms with Crippen LogP contribution in [0.3, 0.4) is 0 Å². The largest absolute Gasteiger partial charge is 0.493 e. The number of amides is 1. The number of halogens is 1. The Hall–Kier alpha value is -4.41. The number of benzene rings is 3. The Balaban J connectivity index is 1.40. The van der Waals surface area contributed by atoms with Crippen molar-refractivity contribution in [3.8, 4) is 11.5 Å². The molecule has 0 fully saturated rings. The van der Waals surface area contributed by atoms with E-state index in [-0.39, 0.29) is 34.5 Å². The van der Waals surface area contributed by atoms with E-state index in [2.05, 4.69) is 4.99 Å². The fraction of sp³-hybridized carbons (Fsp3) is 0.0741. The molecule has 3 aromatic rings. The van der Waals surface area contributed by atoms with Crippen molar-refractivity contribution in [2.75, 3.05) is 7.11 Å². The van der Waals surface area contributed by atoms with Crippen LogP contribution in [0.15, 0.2) is 82.7 Å². The van der Waals surface area contributed by atoms with Gasteiger partial charge in [-0.3, -0.25) is 25.2 Å². The SMILES string of the molecule is COc1cc(/C=C2/C(=N)N3C(c4ccccc4)=CSC3=NC2=O)cc(Cl)c1OCc1ccc([N+](=O)[O-])cc1. The maximum absolute atomic E-state index is 12.8. The number of amidine groups is 2. The highest BCUT2D eigenvalue weighted by molar-refractivity contribution is 8.17. The highest BCUT2D eigenvalue weighted by Gasteiger charge is 2.36. The lowest BCUT2D eigenvalue weighted by Crippen LogP contribution is -2.38. The molecule has 0 saturated heterocycles. The summed E-state index contributed by atoms with van der Waals surface area (Å²) in [6.07, 6.45) is 1.55. The molecular formula is C27H19ClN4O5S. The molecule has 9 nitrogen and oxygen atoms in total. The van der Waals surface area contributed by atoms with Crippen LogP contribution in [0, 0.1) is 15.5 Å². The second-order valence-electron chi connectivity index (χ2n) is 8.17. The van der Waals surface area contributed by atoms with Crippen LogP contribution in [0.5, 0.6) is 11.5 Å². The second kappa shape index (κ2) is 10.5. The number of thioether (sulfide) groups is 1. The van der Waals surface area contributed by atoms with Crippen molar-refractivity contribution in [2.45, 2.75) is 6.61 Å². The zero-order chi connectivity index (χ0) is 26.8. The van der Waals surface area contributed by atoms with Gasteiger partial charge in [-0.15, -0.1) is 0 Å². The minimum absolute atomic E-state index is 0.00805. The van der Waals surface area contributed by atoms with Gasteiger partial charge in [0.05, 0.1) is 28.3 Å². The molecule has 0 radical (unpaired) electrons. The van der Waals surface area contributed by atoms with Crippen LogP contribution in [0.25, 0.3) is 11.8 Å². The first kappa shape index (κ1) is 25.2. The molecule has 1 amide bonds.